The molecule has 1 aromatic rings. The molecule has 7 nitrogen and oxygen atoms in total. The zero-order valence-corrected chi connectivity index (χ0v) is 12.0. The minimum absolute atomic E-state index is 0.136. The van der Waals surface area contributed by atoms with E-state index in [9.17, 15) is 4.79 Å². The number of carbonyl (C=O) groups excluding carboxylic acids is 1. The number of nitrogens with one attached hydrogen (secondary N) is 1. The van der Waals surface area contributed by atoms with Crippen molar-refractivity contribution in [3.8, 4) is 0 Å². The fourth-order valence-electron chi connectivity index (χ4n) is 1.33. The Balaban J connectivity index is 2.97. The molecule has 0 aromatic carbocycles. The molecule has 1 heterocycles. The van der Waals surface area contributed by atoms with Gasteiger partial charge in [-0.05, 0) is 12.2 Å². The fourth-order valence-corrected chi connectivity index (χ4v) is 1.33. The summed E-state index contributed by atoms with van der Waals surface area (Å²) in [4.78, 5) is 15.5. The molecule has 10 heteroatoms. The number of nitrogen functional groups attached to an aromatic ring is 1. The lowest BCUT2D eigenvalue weighted by atomic mass is 9.42. The molecular weight excluding hydrogens is 279 g/mol. The summed E-state index contributed by atoms with van der Waals surface area (Å²) in [6.07, 6.45) is 4.35. The normalized spacial score (nSPS) is 12.8. The third-order valence-electron chi connectivity index (χ3n) is 2.54. The number of ether oxygens (including phenoxy) is 1. The number of methoxy groups -OCH3 is 1. The van der Waals surface area contributed by atoms with Gasteiger partial charge in [-0.15, -0.1) is 0 Å². The maximum atomic E-state index is 11.5. The average molecular weight is 293 g/mol. The molecule has 0 bridgehead atoms. The van der Waals surface area contributed by atoms with Crippen molar-refractivity contribution in [1.29, 1.82) is 0 Å². The van der Waals surface area contributed by atoms with Crippen LogP contribution in [0.4, 0.5) is 11.5 Å². The van der Waals surface area contributed by atoms with Crippen LogP contribution < -0.4 is 22.5 Å². The lowest BCUT2D eigenvalue weighted by Gasteiger charge is -2.18. The van der Waals surface area contributed by atoms with Gasteiger partial charge < -0.3 is 27.3 Å². The number of amides is 1. The van der Waals surface area contributed by atoms with Crippen LogP contribution in [0.2, 0.25) is 5.11 Å². The Labute approximate surface area is 132 Å². The van der Waals surface area contributed by atoms with E-state index < -0.39 is 11.0 Å². The second-order valence-corrected chi connectivity index (χ2v) is 4.44. The third kappa shape index (κ3) is 4.80. The SMILES string of the molecule is [B]C([B])([B])C(=O)Nc1cc(N)c(/C(N)=C/C=C(\N)OC)cn1. The molecule has 7 N–H and O–H groups in total. The van der Waals surface area contributed by atoms with Crippen molar-refractivity contribution < 1.29 is 9.53 Å². The van der Waals surface area contributed by atoms with Crippen LogP contribution >= 0.6 is 0 Å². The van der Waals surface area contributed by atoms with E-state index in [1.54, 1.807) is 0 Å². The smallest absolute Gasteiger partial charge is 0.206 e. The van der Waals surface area contributed by atoms with Gasteiger partial charge in [0.15, 0.2) is 5.88 Å². The highest BCUT2D eigenvalue weighted by atomic mass is 16.5. The summed E-state index contributed by atoms with van der Waals surface area (Å²) in [5, 5.41) is 0.314. The standard InChI is InChI=1S/C12H14B3N5O2/c1-22-9(18)3-2-7(16)6-5-19-10(4-8(6)17)20-11(21)12(13,14)15/h2-5H,16,18H2,1H3,(H3,17,19,20,21)/b7-2-,9-3+. The number of hydrogen-bond donors (Lipinski definition) is 4. The highest BCUT2D eigenvalue weighted by Crippen LogP contribution is 2.21. The summed E-state index contributed by atoms with van der Waals surface area (Å²) in [5.74, 6) is -0.494. The molecule has 1 aromatic heterocycles. The van der Waals surface area contributed by atoms with Gasteiger partial charge >= 0.3 is 0 Å². The topological polar surface area (TPSA) is 129 Å². The molecule has 1 amide bonds. The van der Waals surface area contributed by atoms with Crippen LogP contribution in [-0.2, 0) is 9.53 Å². The number of nitrogens with zero attached hydrogens (tertiary/aromatic N) is 1. The van der Waals surface area contributed by atoms with Crippen molar-refractivity contribution in [3.05, 3.63) is 35.9 Å². The molecule has 0 atom stereocenters. The van der Waals surface area contributed by atoms with Gasteiger partial charge in [-0.3, -0.25) is 4.79 Å². The molecule has 0 fully saturated rings. The summed E-state index contributed by atoms with van der Waals surface area (Å²) in [6.45, 7) is 0. The van der Waals surface area contributed by atoms with Crippen molar-refractivity contribution in [2.24, 2.45) is 11.5 Å². The molecule has 0 aliphatic heterocycles. The highest BCUT2D eigenvalue weighted by molar-refractivity contribution is 6.69. The highest BCUT2D eigenvalue weighted by Gasteiger charge is 2.20. The van der Waals surface area contributed by atoms with E-state index in [1.807, 2.05) is 0 Å². The first kappa shape index (κ1) is 17.5. The number of aromatic nitrogens is 1. The number of anilines is 2. The first-order valence-corrected chi connectivity index (χ1v) is 6.06. The first-order chi connectivity index (χ1) is 10.1. The molecular formula is C12H14B3N5O2. The number of hydrogen-bond acceptors (Lipinski definition) is 6. The predicted molar refractivity (Wildman–Crippen MR) is 88.7 cm³/mol. The van der Waals surface area contributed by atoms with E-state index in [-0.39, 0.29) is 17.4 Å². The molecule has 0 unspecified atom stereocenters. The zero-order chi connectivity index (χ0) is 16.9. The van der Waals surface area contributed by atoms with E-state index >= 15 is 0 Å². The maximum absolute atomic E-state index is 11.5. The molecule has 22 heavy (non-hydrogen) atoms. The molecule has 0 aliphatic rings. The molecule has 0 saturated heterocycles. The van der Waals surface area contributed by atoms with Gasteiger partial charge in [-0.25, -0.2) is 4.98 Å². The number of carbonyl (C=O) groups is 1. The van der Waals surface area contributed by atoms with Gasteiger partial charge in [0, 0.05) is 29.2 Å². The van der Waals surface area contributed by atoms with Gasteiger partial charge in [-0.1, -0.05) is 5.11 Å². The molecule has 0 spiro atoms. The Kier molecular flexibility index (Phi) is 5.56. The van der Waals surface area contributed by atoms with Crippen LogP contribution in [0.3, 0.4) is 0 Å². The zero-order valence-electron chi connectivity index (χ0n) is 12.0. The number of rotatable bonds is 5. The number of allylic oxidation sites excluding steroid dienone is 2. The Bertz CT molecular complexity index is 626. The van der Waals surface area contributed by atoms with Crippen molar-refractivity contribution >= 4 is 46.6 Å². The molecule has 6 radical (unpaired) electrons. The monoisotopic (exact) mass is 293 g/mol. The van der Waals surface area contributed by atoms with E-state index in [2.05, 4.69) is 10.3 Å². The number of nitrogens with two attached hydrogens (primary N) is 3. The van der Waals surface area contributed by atoms with E-state index in [0.29, 0.717) is 11.3 Å². The van der Waals surface area contributed by atoms with Crippen LogP contribution in [0.25, 0.3) is 5.70 Å². The Morgan fingerprint density at radius 2 is 2.00 bits per heavy atom. The van der Waals surface area contributed by atoms with E-state index in [1.165, 1.54) is 31.5 Å². The lowest BCUT2D eigenvalue weighted by Crippen LogP contribution is -2.31. The van der Waals surface area contributed by atoms with Crippen LogP contribution in [0.15, 0.2) is 30.3 Å². The van der Waals surface area contributed by atoms with Crippen LogP contribution in [0.1, 0.15) is 5.56 Å². The first-order valence-electron chi connectivity index (χ1n) is 6.06. The van der Waals surface area contributed by atoms with Crippen molar-refractivity contribution in [3.63, 3.8) is 0 Å². The van der Waals surface area contributed by atoms with Gasteiger partial charge in [0.1, 0.15) is 5.82 Å². The summed E-state index contributed by atoms with van der Waals surface area (Å²) < 4.78 is 4.77. The third-order valence-corrected chi connectivity index (χ3v) is 2.54. The maximum Gasteiger partial charge on any atom is 0.206 e. The second-order valence-electron chi connectivity index (χ2n) is 4.44. The van der Waals surface area contributed by atoms with Gasteiger partial charge in [0.2, 0.25) is 5.91 Å². The van der Waals surface area contributed by atoms with E-state index in [0.717, 1.165) is 0 Å². The van der Waals surface area contributed by atoms with Gasteiger partial charge in [-0.2, -0.15) is 0 Å². The van der Waals surface area contributed by atoms with E-state index in [4.69, 9.17) is 45.5 Å². The Morgan fingerprint density at radius 3 is 2.50 bits per heavy atom. The Hall–Kier alpha value is -2.51. The lowest BCUT2D eigenvalue weighted by molar-refractivity contribution is -0.115. The van der Waals surface area contributed by atoms with Crippen molar-refractivity contribution in [2.75, 3.05) is 18.2 Å². The number of pyridine rings is 1. The van der Waals surface area contributed by atoms with Crippen LogP contribution in [-0.4, -0.2) is 41.5 Å². The molecule has 108 valence electrons. The van der Waals surface area contributed by atoms with Crippen molar-refractivity contribution in [1.82, 2.24) is 4.98 Å². The summed E-state index contributed by atoms with van der Waals surface area (Å²) >= 11 is 0. The largest absolute Gasteiger partial charge is 0.483 e. The second kappa shape index (κ2) is 6.97. The fraction of sp³-hybridized carbons (Fsp3) is 0.167. The van der Waals surface area contributed by atoms with Gasteiger partial charge in [0.05, 0.1) is 30.6 Å². The average Bonchev–Trinajstić information content (AvgIpc) is 2.43. The predicted octanol–water partition coefficient (Wildman–Crippen LogP) is -1.07. The van der Waals surface area contributed by atoms with Crippen LogP contribution in [0, 0.1) is 0 Å². The van der Waals surface area contributed by atoms with Gasteiger partial charge in [0.25, 0.3) is 0 Å². The minimum Gasteiger partial charge on any atom is -0.483 e. The minimum atomic E-state index is -2.02. The summed E-state index contributed by atoms with van der Waals surface area (Å²) in [5.41, 5.74) is 18.2. The Morgan fingerprint density at radius 1 is 1.36 bits per heavy atom. The van der Waals surface area contributed by atoms with Crippen LogP contribution in [0.5, 0.6) is 0 Å². The molecule has 0 saturated carbocycles. The summed E-state index contributed by atoms with van der Waals surface area (Å²) in [7, 11) is 17.2. The molecule has 1 rings (SSSR count). The van der Waals surface area contributed by atoms with Crippen molar-refractivity contribution in [2.45, 2.75) is 5.11 Å². The summed E-state index contributed by atoms with van der Waals surface area (Å²) in [6, 6.07) is 1.39. The quantitative estimate of drug-likeness (QED) is 0.311. The molecule has 0 aliphatic carbocycles.